The molecule has 4 heteroatoms. The Hall–Kier alpha value is -1.16. The maximum absolute atomic E-state index is 11.0. The lowest BCUT2D eigenvalue weighted by molar-refractivity contribution is -0.137. The molecule has 0 fully saturated rings. The molecule has 0 radical (unpaired) electrons. The molecule has 0 saturated heterocycles. The van der Waals surface area contributed by atoms with Crippen LogP contribution in [0.4, 0.5) is 0 Å². The first kappa shape index (κ1) is 8.93. The van der Waals surface area contributed by atoms with E-state index in [0.29, 0.717) is 5.57 Å². The molecule has 1 aliphatic carbocycles. The highest BCUT2D eigenvalue weighted by Gasteiger charge is 2.33. The van der Waals surface area contributed by atoms with Gasteiger partial charge >= 0.3 is 5.97 Å². The van der Waals surface area contributed by atoms with Crippen LogP contribution in [0, 0.1) is 0 Å². The summed E-state index contributed by atoms with van der Waals surface area (Å²) in [5.74, 6) is -0.811. The average molecular weight is 170 g/mol. The van der Waals surface area contributed by atoms with Crippen molar-refractivity contribution in [2.24, 2.45) is 0 Å². The second-order valence-electron chi connectivity index (χ2n) is 2.67. The van der Waals surface area contributed by atoms with Crippen LogP contribution in [0.2, 0.25) is 0 Å². The van der Waals surface area contributed by atoms with E-state index in [-0.39, 0.29) is 17.8 Å². The summed E-state index contributed by atoms with van der Waals surface area (Å²) in [6.07, 6.45) is -0.985. The molecule has 0 amide bonds. The summed E-state index contributed by atoms with van der Waals surface area (Å²) in [6.45, 7) is 1.52. The number of ketones is 1. The summed E-state index contributed by atoms with van der Waals surface area (Å²) in [7, 11) is 1.22. The zero-order valence-electron chi connectivity index (χ0n) is 6.96. The van der Waals surface area contributed by atoms with Crippen molar-refractivity contribution in [3.05, 3.63) is 11.1 Å². The van der Waals surface area contributed by atoms with Crippen molar-refractivity contribution in [2.75, 3.05) is 7.11 Å². The van der Waals surface area contributed by atoms with Crippen molar-refractivity contribution in [3.8, 4) is 0 Å². The third-order valence-corrected chi connectivity index (χ3v) is 1.94. The molecule has 1 unspecified atom stereocenters. The van der Waals surface area contributed by atoms with Crippen LogP contribution in [0.25, 0.3) is 0 Å². The molecule has 1 aliphatic rings. The molecule has 12 heavy (non-hydrogen) atoms. The van der Waals surface area contributed by atoms with Gasteiger partial charge in [-0.25, -0.2) is 4.79 Å². The summed E-state index contributed by atoms with van der Waals surface area (Å²) in [5, 5.41) is 9.25. The van der Waals surface area contributed by atoms with Gasteiger partial charge in [0, 0.05) is 12.0 Å². The van der Waals surface area contributed by atoms with Gasteiger partial charge in [0.15, 0.2) is 5.78 Å². The maximum Gasteiger partial charge on any atom is 0.336 e. The molecule has 0 aromatic rings. The van der Waals surface area contributed by atoms with Gasteiger partial charge in [-0.15, -0.1) is 0 Å². The third-order valence-electron chi connectivity index (χ3n) is 1.94. The minimum atomic E-state index is -0.982. The minimum Gasteiger partial charge on any atom is -0.466 e. The van der Waals surface area contributed by atoms with E-state index in [2.05, 4.69) is 4.74 Å². The smallest absolute Gasteiger partial charge is 0.336 e. The molecule has 0 heterocycles. The third kappa shape index (κ3) is 1.25. The van der Waals surface area contributed by atoms with Crippen LogP contribution >= 0.6 is 0 Å². The zero-order valence-corrected chi connectivity index (χ0v) is 6.96. The summed E-state index contributed by atoms with van der Waals surface area (Å²) < 4.78 is 4.41. The number of hydrogen-bond acceptors (Lipinski definition) is 4. The maximum atomic E-state index is 11.0. The van der Waals surface area contributed by atoms with Gasteiger partial charge in [-0.2, -0.15) is 0 Å². The normalized spacial score (nSPS) is 23.2. The van der Waals surface area contributed by atoms with Crippen molar-refractivity contribution < 1.29 is 19.4 Å². The molecule has 0 saturated carbocycles. The lowest BCUT2D eigenvalue weighted by Gasteiger charge is -2.04. The average Bonchev–Trinajstić information content (AvgIpc) is 2.26. The number of allylic oxidation sites excluding steroid dienone is 1. The number of aliphatic hydroxyl groups excluding tert-OH is 1. The first-order valence-corrected chi connectivity index (χ1v) is 3.58. The highest BCUT2D eigenvalue weighted by molar-refractivity contribution is 6.08. The number of hydrogen-bond donors (Lipinski definition) is 1. The van der Waals surface area contributed by atoms with Gasteiger partial charge in [0.1, 0.15) is 0 Å². The Morgan fingerprint density at radius 3 is 2.58 bits per heavy atom. The fourth-order valence-electron chi connectivity index (χ4n) is 1.23. The number of ether oxygens (including phenoxy) is 1. The van der Waals surface area contributed by atoms with Crippen molar-refractivity contribution in [2.45, 2.75) is 19.4 Å². The standard InChI is InChI=1S/C8H10O4/c1-4-5(9)3-6(10)7(4)8(11)12-2/h6,10H,3H2,1-2H3. The van der Waals surface area contributed by atoms with Gasteiger partial charge in [0.2, 0.25) is 0 Å². The lowest BCUT2D eigenvalue weighted by atomic mass is 10.1. The number of aliphatic hydroxyl groups is 1. The van der Waals surface area contributed by atoms with Crippen LogP contribution in [0.3, 0.4) is 0 Å². The molecule has 0 aromatic heterocycles. The number of carbonyl (C=O) groups excluding carboxylic acids is 2. The van der Waals surface area contributed by atoms with E-state index in [1.807, 2.05) is 0 Å². The van der Waals surface area contributed by atoms with Gasteiger partial charge in [-0.05, 0) is 6.92 Å². The van der Waals surface area contributed by atoms with Crippen LogP contribution in [0.15, 0.2) is 11.1 Å². The van der Waals surface area contributed by atoms with Crippen LogP contribution < -0.4 is 0 Å². The molecule has 0 aromatic carbocycles. The first-order valence-electron chi connectivity index (χ1n) is 3.58. The van der Waals surface area contributed by atoms with E-state index < -0.39 is 12.1 Å². The fraction of sp³-hybridized carbons (Fsp3) is 0.500. The second-order valence-corrected chi connectivity index (χ2v) is 2.67. The SMILES string of the molecule is COC(=O)C1=C(C)C(=O)CC1O. The predicted molar refractivity (Wildman–Crippen MR) is 40.3 cm³/mol. The Kier molecular flexibility index (Phi) is 2.28. The predicted octanol–water partition coefficient (Wildman–Crippen LogP) is -0.190. The number of rotatable bonds is 1. The van der Waals surface area contributed by atoms with E-state index in [1.54, 1.807) is 0 Å². The second kappa shape index (κ2) is 3.06. The molecule has 0 spiro atoms. The van der Waals surface area contributed by atoms with E-state index in [4.69, 9.17) is 0 Å². The number of carbonyl (C=O) groups is 2. The Labute approximate surface area is 69.8 Å². The van der Waals surface area contributed by atoms with E-state index in [9.17, 15) is 14.7 Å². The van der Waals surface area contributed by atoms with Gasteiger partial charge in [0.05, 0.1) is 18.8 Å². The molecule has 1 N–H and O–H groups in total. The molecule has 0 bridgehead atoms. The molecule has 0 aliphatic heterocycles. The highest BCUT2D eigenvalue weighted by atomic mass is 16.5. The molecular weight excluding hydrogens is 160 g/mol. The highest BCUT2D eigenvalue weighted by Crippen LogP contribution is 2.23. The number of esters is 1. The van der Waals surface area contributed by atoms with Crippen molar-refractivity contribution >= 4 is 11.8 Å². The molecule has 1 rings (SSSR count). The topological polar surface area (TPSA) is 63.6 Å². The molecule has 4 nitrogen and oxygen atoms in total. The molecule has 1 atom stereocenters. The van der Waals surface area contributed by atoms with Crippen molar-refractivity contribution in [1.29, 1.82) is 0 Å². The van der Waals surface area contributed by atoms with Crippen molar-refractivity contribution in [1.82, 2.24) is 0 Å². The number of methoxy groups -OCH3 is 1. The van der Waals surface area contributed by atoms with Crippen LogP contribution in [-0.4, -0.2) is 30.1 Å². The molecule has 66 valence electrons. The monoisotopic (exact) mass is 170 g/mol. The van der Waals surface area contributed by atoms with Crippen LogP contribution in [0.1, 0.15) is 13.3 Å². The Bertz CT molecular complexity index is 264. The Balaban J connectivity index is 3.00. The van der Waals surface area contributed by atoms with Gasteiger partial charge in [0.25, 0.3) is 0 Å². The van der Waals surface area contributed by atoms with Crippen LogP contribution in [0.5, 0.6) is 0 Å². The van der Waals surface area contributed by atoms with E-state index in [0.717, 1.165) is 0 Å². The van der Waals surface area contributed by atoms with Gasteiger partial charge in [-0.3, -0.25) is 4.79 Å². The molecular formula is C8H10O4. The summed E-state index contributed by atoms with van der Waals surface area (Å²) >= 11 is 0. The minimum absolute atomic E-state index is 0.00370. The fourth-order valence-corrected chi connectivity index (χ4v) is 1.23. The Morgan fingerprint density at radius 1 is 1.67 bits per heavy atom. The first-order chi connectivity index (χ1) is 5.57. The largest absolute Gasteiger partial charge is 0.466 e. The van der Waals surface area contributed by atoms with Crippen LogP contribution in [-0.2, 0) is 14.3 Å². The quantitative estimate of drug-likeness (QED) is 0.554. The lowest BCUT2D eigenvalue weighted by Crippen LogP contribution is -2.15. The number of Topliss-reactive ketones (excluding diaryl/α,β-unsaturated/α-hetero) is 1. The van der Waals surface area contributed by atoms with Gasteiger partial charge < -0.3 is 9.84 Å². The van der Waals surface area contributed by atoms with Crippen molar-refractivity contribution in [3.63, 3.8) is 0 Å². The summed E-state index contributed by atoms with van der Waals surface area (Å²) in [4.78, 5) is 22.0. The summed E-state index contributed by atoms with van der Waals surface area (Å²) in [5.41, 5.74) is 0.414. The summed E-state index contributed by atoms with van der Waals surface area (Å²) in [6, 6.07) is 0. The van der Waals surface area contributed by atoms with Gasteiger partial charge in [-0.1, -0.05) is 0 Å². The van der Waals surface area contributed by atoms with E-state index in [1.165, 1.54) is 14.0 Å². The zero-order chi connectivity index (χ0) is 9.30. The van der Waals surface area contributed by atoms with E-state index >= 15 is 0 Å². The Morgan fingerprint density at radius 2 is 2.25 bits per heavy atom.